The summed E-state index contributed by atoms with van der Waals surface area (Å²) in [6, 6.07) is 21.6. The fourth-order valence-electron chi connectivity index (χ4n) is 9.82. The molecule has 0 bridgehead atoms. The molecular weight excluding hydrogens is 589 g/mol. The van der Waals surface area contributed by atoms with Crippen LogP contribution in [-0.4, -0.2) is 39.1 Å². The van der Waals surface area contributed by atoms with E-state index < -0.39 is 8.32 Å². The second-order valence-corrected chi connectivity index (χ2v) is 20.2. The second kappa shape index (κ2) is 13.4. The number of hydrogen-bond acceptors (Lipinski definition) is 5. The summed E-state index contributed by atoms with van der Waals surface area (Å²) in [5, 5.41) is 2.45. The highest BCUT2D eigenvalue weighted by molar-refractivity contribution is 6.99. The van der Waals surface area contributed by atoms with Crippen molar-refractivity contribution in [3.05, 3.63) is 72.8 Å². The van der Waals surface area contributed by atoms with Gasteiger partial charge in [-0.25, -0.2) is 0 Å². The van der Waals surface area contributed by atoms with E-state index in [2.05, 4.69) is 102 Å². The Labute approximate surface area is 278 Å². The van der Waals surface area contributed by atoms with E-state index in [9.17, 15) is 9.59 Å². The van der Waals surface area contributed by atoms with E-state index >= 15 is 0 Å². The van der Waals surface area contributed by atoms with Crippen LogP contribution in [0.3, 0.4) is 0 Å². The third-order valence-electron chi connectivity index (χ3n) is 12.3. The molecule has 2 aromatic carbocycles. The summed E-state index contributed by atoms with van der Waals surface area (Å²) in [5.41, 5.74) is 1.24. The van der Waals surface area contributed by atoms with Gasteiger partial charge in [0.05, 0.1) is 0 Å². The predicted molar refractivity (Wildman–Crippen MR) is 187 cm³/mol. The SMILES string of the molecule is C=C1CCC2C(OC(C)=O)C([C@@]3(C)CC[C@H](OC(C)=O)C[C@@H]3CCO[Si](c3ccccc3)(c3ccccc3)C(C)(C)C)CCC12C. The highest BCUT2D eigenvalue weighted by Gasteiger charge is 2.59. The van der Waals surface area contributed by atoms with Gasteiger partial charge in [0.25, 0.3) is 8.32 Å². The molecule has 250 valence electrons. The van der Waals surface area contributed by atoms with Crippen LogP contribution in [0, 0.1) is 28.6 Å². The van der Waals surface area contributed by atoms with Crippen molar-refractivity contribution < 1.29 is 23.5 Å². The molecule has 3 aliphatic rings. The molecular formula is C40H56O5Si. The highest BCUT2D eigenvalue weighted by atomic mass is 28.4. The van der Waals surface area contributed by atoms with E-state index in [0.29, 0.717) is 12.5 Å². The number of allylic oxidation sites excluding steroid dienone is 1. The van der Waals surface area contributed by atoms with Gasteiger partial charge in [0, 0.05) is 32.3 Å². The van der Waals surface area contributed by atoms with Crippen LogP contribution in [0.25, 0.3) is 0 Å². The summed E-state index contributed by atoms with van der Waals surface area (Å²) in [6.07, 6.45) is 7.31. The van der Waals surface area contributed by atoms with Gasteiger partial charge in [-0.3, -0.25) is 9.59 Å². The van der Waals surface area contributed by atoms with Crippen LogP contribution < -0.4 is 10.4 Å². The lowest BCUT2D eigenvalue weighted by atomic mass is 9.51. The number of carbonyl (C=O) groups excluding carboxylic acids is 2. The molecule has 3 saturated carbocycles. The largest absolute Gasteiger partial charge is 0.463 e. The molecule has 3 aliphatic carbocycles. The molecule has 5 nitrogen and oxygen atoms in total. The van der Waals surface area contributed by atoms with Gasteiger partial charge in [-0.15, -0.1) is 0 Å². The molecule has 2 aromatic rings. The zero-order valence-corrected chi connectivity index (χ0v) is 30.3. The molecule has 0 spiro atoms. The van der Waals surface area contributed by atoms with Crippen molar-refractivity contribution in [3.8, 4) is 0 Å². The fourth-order valence-corrected chi connectivity index (χ4v) is 14.4. The van der Waals surface area contributed by atoms with Crippen LogP contribution in [0.1, 0.15) is 99.8 Å². The van der Waals surface area contributed by atoms with Crippen molar-refractivity contribution in [3.63, 3.8) is 0 Å². The molecule has 5 rings (SSSR count). The normalized spacial score (nSPS) is 31.6. The molecule has 0 saturated heterocycles. The standard InChI is InChI=1S/C40H56O5Si/c1-28-19-20-35-37(45-30(3)42)36(22-25-39(28,35)7)40(8)24-21-32(44-29(2)41)27-31(40)23-26-43-46(38(4,5)6,33-15-11-9-12-16-33)34-17-13-10-14-18-34/h9-18,31-32,35-37H,1,19-27H2,2-8H3/t31-,32-,35?,36?,37?,39?,40-/m0/s1. The quantitative estimate of drug-likeness (QED) is 0.157. The number of hydrogen-bond donors (Lipinski definition) is 0. The van der Waals surface area contributed by atoms with Gasteiger partial charge in [0.1, 0.15) is 12.2 Å². The first kappa shape index (κ1) is 34.6. The Morgan fingerprint density at radius 3 is 1.98 bits per heavy atom. The first-order valence-electron chi connectivity index (χ1n) is 17.5. The zero-order chi connectivity index (χ0) is 33.3. The van der Waals surface area contributed by atoms with Gasteiger partial charge < -0.3 is 13.9 Å². The number of fused-ring (bicyclic) bond motifs is 1. The van der Waals surface area contributed by atoms with Gasteiger partial charge in [0.15, 0.2) is 0 Å². The molecule has 0 amide bonds. The molecule has 0 aliphatic heterocycles. The number of ether oxygens (including phenoxy) is 2. The summed E-state index contributed by atoms with van der Waals surface area (Å²) < 4.78 is 19.6. The lowest BCUT2D eigenvalue weighted by Crippen LogP contribution is -2.66. The molecule has 0 heterocycles. The van der Waals surface area contributed by atoms with Crippen LogP contribution in [0.4, 0.5) is 0 Å². The molecule has 0 N–H and O–H groups in total. The molecule has 0 aromatic heterocycles. The van der Waals surface area contributed by atoms with E-state index in [1.807, 2.05) is 0 Å². The van der Waals surface area contributed by atoms with E-state index in [1.54, 1.807) is 6.92 Å². The highest BCUT2D eigenvalue weighted by Crippen LogP contribution is 2.62. The third-order valence-corrected chi connectivity index (χ3v) is 17.4. The van der Waals surface area contributed by atoms with Crippen LogP contribution in [0.5, 0.6) is 0 Å². The summed E-state index contributed by atoms with van der Waals surface area (Å²) in [4.78, 5) is 24.7. The lowest BCUT2D eigenvalue weighted by Gasteiger charge is -2.56. The predicted octanol–water partition coefficient (Wildman–Crippen LogP) is 8.01. The molecule has 6 heteroatoms. The Morgan fingerprint density at radius 2 is 1.43 bits per heavy atom. The van der Waals surface area contributed by atoms with E-state index in [4.69, 9.17) is 13.9 Å². The second-order valence-electron chi connectivity index (χ2n) is 15.9. The minimum atomic E-state index is -2.70. The first-order valence-corrected chi connectivity index (χ1v) is 19.4. The molecule has 3 fully saturated rings. The summed E-state index contributed by atoms with van der Waals surface area (Å²) in [5.74, 6) is 0.365. The topological polar surface area (TPSA) is 61.8 Å². The Morgan fingerprint density at radius 1 is 0.848 bits per heavy atom. The molecule has 46 heavy (non-hydrogen) atoms. The maximum absolute atomic E-state index is 12.6. The van der Waals surface area contributed by atoms with Crippen molar-refractivity contribution in [2.45, 2.75) is 117 Å². The maximum Gasteiger partial charge on any atom is 0.302 e. The maximum atomic E-state index is 12.6. The number of esters is 2. The average molecular weight is 645 g/mol. The minimum Gasteiger partial charge on any atom is -0.463 e. The molecule has 4 unspecified atom stereocenters. The smallest absolute Gasteiger partial charge is 0.302 e. The molecule has 7 atom stereocenters. The minimum absolute atomic E-state index is 0.0177. The first-order chi connectivity index (χ1) is 21.7. The van der Waals surface area contributed by atoms with Gasteiger partial charge >= 0.3 is 11.9 Å². The summed E-state index contributed by atoms with van der Waals surface area (Å²) in [7, 11) is -2.70. The Bertz CT molecular complexity index is 1340. The van der Waals surface area contributed by atoms with Crippen molar-refractivity contribution in [2.24, 2.45) is 28.6 Å². The van der Waals surface area contributed by atoms with E-state index in [1.165, 1.54) is 22.9 Å². The Kier molecular flexibility index (Phi) is 10.1. The van der Waals surface area contributed by atoms with Gasteiger partial charge in [-0.1, -0.05) is 107 Å². The van der Waals surface area contributed by atoms with Crippen molar-refractivity contribution >= 4 is 30.6 Å². The number of rotatable bonds is 9. The van der Waals surface area contributed by atoms with E-state index in [0.717, 1.165) is 51.4 Å². The molecule has 0 radical (unpaired) electrons. The third kappa shape index (κ3) is 6.41. The number of carbonyl (C=O) groups is 2. The Balaban J connectivity index is 1.48. The fraction of sp³-hybridized carbons (Fsp3) is 0.600. The monoisotopic (exact) mass is 644 g/mol. The van der Waals surface area contributed by atoms with Crippen LogP contribution in [-0.2, 0) is 23.5 Å². The average Bonchev–Trinajstić information content (AvgIpc) is 3.31. The van der Waals surface area contributed by atoms with Crippen molar-refractivity contribution in [1.29, 1.82) is 0 Å². The van der Waals surface area contributed by atoms with Crippen LogP contribution >= 0.6 is 0 Å². The van der Waals surface area contributed by atoms with Gasteiger partial charge in [-0.05, 0) is 83.5 Å². The van der Waals surface area contributed by atoms with Crippen LogP contribution in [0.15, 0.2) is 72.8 Å². The van der Waals surface area contributed by atoms with Gasteiger partial charge in [-0.2, -0.15) is 0 Å². The summed E-state index contributed by atoms with van der Waals surface area (Å²) >= 11 is 0. The Hall–Kier alpha value is -2.70. The lowest BCUT2D eigenvalue weighted by molar-refractivity contribution is -0.177. The number of benzene rings is 2. The van der Waals surface area contributed by atoms with E-state index in [-0.39, 0.29) is 51.9 Å². The zero-order valence-electron chi connectivity index (χ0n) is 29.3. The van der Waals surface area contributed by atoms with Crippen LogP contribution in [0.2, 0.25) is 5.04 Å². The van der Waals surface area contributed by atoms with Gasteiger partial charge in [0.2, 0.25) is 0 Å². The van der Waals surface area contributed by atoms with Crippen molar-refractivity contribution in [1.82, 2.24) is 0 Å². The summed E-state index contributed by atoms with van der Waals surface area (Å²) in [6.45, 7) is 19.9. The van der Waals surface area contributed by atoms with Crippen molar-refractivity contribution in [2.75, 3.05) is 6.61 Å².